The molecule has 0 aliphatic carbocycles. The molecule has 0 spiro atoms. The minimum atomic E-state index is -3.16. The second kappa shape index (κ2) is 4.31. The molecule has 2 rings (SSSR count). The van der Waals surface area contributed by atoms with E-state index in [-0.39, 0.29) is 23.5 Å². The van der Waals surface area contributed by atoms with E-state index in [2.05, 4.69) is 10.6 Å². The Morgan fingerprint density at radius 1 is 1.38 bits per heavy atom. The number of carbonyl (C=O) groups is 1. The van der Waals surface area contributed by atoms with Gasteiger partial charge in [0.2, 0.25) is 5.91 Å². The minimum absolute atomic E-state index is 0.0854. The van der Waals surface area contributed by atoms with Gasteiger partial charge in [0, 0.05) is 12.6 Å². The lowest BCUT2D eigenvalue weighted by atomic mass is 10.0. The molecular weight excluding hydrogens is 232 g/mol. The molecule has 2 aliphatic rings. The number of rotatable bonds is 2. The van der Waals surface area contributed by atoms with Gasteiger partial charge in [-0.3, -0.25) is 10.1 Å². The van der Waals surface area contributed by atoms with E-state index >= 15 is 0 Å². The monoisotopic (exact) mass is 248 g/mol. The summed E-state index contributed by atoms with van der Waals surface area (Å²) in [6, 6.07) is -0.888. The molecule has 2 aliphatic heterocycles. The summed E-state index contributed by atoms with van der Waals surface area (Å²) in [4.78, 5) is 11.4. The Kier molecular flexibility index (Phi) is 3.18. The van der Waals surface area contributed by atoms with E-state index < -0.39 is 22.0 Å². The number of aliphatic hydroxyl groups excluding tert-OH is 1. The van der Waals surface area contributed by atoms with Gasteiger partial charge < -0.3 is 10.4 Å². The van der Waals surface area contributed by atoms with Crippen LogP contribution in [0.15, 0.2) is 0 Å². The second-order valence-corrected chi connectivity index (χ2v) is 6.56. The van der Waals surface area contributed by atoms with E-state index in [1.54, 1.807) is 0 Å². The summed E-state index contributed by atoms with van der Waals surface area (Å²) >= 11 is 0. The van der Waals surface area contributed by atoms with Crippen molar-refractivity contribution in [1.29, 1.82) is 0 Å². The third kappa shape index (κ3) is 2.53. The van der Waals surface area contributed by atoms with Crippen molar-refractivity contribution >= 4 is 15.7 Å². The Bertz CT molecular complexity index is 381. The van der Waals surface area contributed by atoms with Gasteiger partial charge in [-0.25, -0.2) is 8.42 Å². The average Bonchev–Trinajstić information content (AvgIpc) is 2.44. The van der Waals surface area contributed by atoms with Crippen LogP contribution in [0.25, 0.3) is 0 Å². The van der Waals surface area contributed by atoms with Crippen molar-refractivity contribution in [3.63, 3.8) is 0 Å². The first-order valence-corrected chi connectivity index (χ1v) is 7.22. The van der Waals surface area contributed by atoms with Crippen molar-refractivity contribution in [3.05, 3.63) is 0 Å². The highest BCUT2D eigenvalue weighted by Gasteiger charge is 2.38. The molecule has 1 amide bonds. The van der Waals surface area contributed by atoms with E-state index in [0.29, 0.717) is 13.0 Å². The fraction of sp³-hybridized carbons (Fsp3) is 0.889. The summed E-state index contributed by atoms with van der Waals surface area (Å²) in [7, 11) is -3.16. The van der Waals surface area contributed by atoms with E-state index in [0.717, 1.165) is 6.42 Å². The first-order valence-electron chi connectivity index (χ1n) is 5.40. The summed E-state index contributed by atoms with van der Waals surface area (Å²) in [6.07, 6.45) is 0.661. The topological polar surface area (TPSA) is 95.5 Å². The Balaban J connectivity index is 1.97. The normalized spacial score (nSPS) is 38.3. The highest BCUT2D eigenvalue weighted by molar-refractivity contribution is 7.91. The standard InChI is InChI=1S/C9H16N2O4S/c12-8-5-16(14,15)4-7(8)11-6-2-1-3-10-9(6)13/h6-8,11-12H,1-5H2,(H,10,13). The fourth-order valence-corrected chi connectivity index (χ4v) is 3.93. The highest BCUT2D eigenvalue weighted by atomic mass is 32.2. The molecule has 7 heteroatoms. The Morgan fingerprint density at radius 2 is 2.12 bits per heavy atom. The summed E-state index contributed by atoms with van der Waals surface area (Å²) in [5, 5.41) is 15.2. The molecule has 0 saturated carbocycles. The van der Waals surface area contributed by atoms with Crippen molar-refractivity contribution in [2.45, 2.75) is 31.0 Å². The Morgan fingerprint density at radius 3 is 2.69 bits per heavy atom. The molecule has 92 valence electrons. The van der Waals surface area contributed by atoms with Crippen LogP contribution < -0.4 is 10.6 Å². The predicted octanol–water partition coefficient (Wildman–Crippen LogP) is -1.99. The molecule has 0 radical (unpaired) electrons. The van der Waals surface area contributed by atoms with Crippen LogP contribution in [0.5, 0.6) is 0 Å². The zero-order valence-corrected chi connectivity index (χ0v) is 9.66. The molecule has 0 bridgehead atoms. The average molecular weight is 248 g/mol. The fourth-order valence-electron chi connectivity index (χ4n) is 2.18. The lowest BCUT2D eigenvalue weighted by Crippen LogP contribution is -2.54. The van der Waals surface area contributed by atoms with Crippen molar-refractivity contribution in [1.82, 2.24) is 10.6 Å². The van der Waals surface area contributed by atoms with Crippen LogP contribution in [0.1, 0.15) is 12.8 Å². The molecule has 0 aromatic heterocycles. The molecule has 2 heterocycles. The summed E-state index contributed by atoms with van der Waals surface area (Å²) in [5.41, 5.74) is 0. The highest BCUT2D eigenvalue weighted by Crippen LogP contribution is 2.14. The zero-order chi connectivity index (χ0) is 11.8. The van der Waals surface area contributed by atoms with E-state index in [1.165, 1.54) is 0 Å². The zero-order valence-electron chi connectivity index (χ0n) is 8.85. The van der Waals surface area contributed by atoms with Gasteiger partial charge in [-0.1, -0.05) is 0 Å². The maximum atomic E-state index is 11.4. The summed E-state index contributed by atoms with van der Waals surface area (Å²) in [6.45, 7) is 0.669. The molecule has 0 aromatic carbocycles. The van der Waals surface area contributed by atoms with Gasteiger partial charge in [-0.15, -0.1) is 0 Å². The van der Waals surface area contributed by atoms with Crippen molar-refractivity contribution in [3.8, 4) is 0 Å². The predicted molar refractivity (Wildman–Crippen MR) is 57.6 cm³/mol. The lowest BCUT2D eigenvalue weighted by Gasteiger charge is -2.26. The number of amides is 1. The molecule has 16 heavy (non-hydrogen) atoms. The molecule has 3 atom stereocenters. The smallest absolute Gasteiger partial charge is 0.237 e. The van der Waals surface area contributed by atoms with Crippen LogP contribution in [0, 0.1) is 0 Å². The summed E-state index contributed by atoms with van der Waals surface area (Å²) < 4.78 is 22.5. The van der Waals surface area contributed by atoms with Gasteiger partial charge in [-0.05, 0) is 12.8 Å². The number of carbonyl (C=O) groups excluding carboxylic acids is 1. The maximum absolute atomic E-state index is 11.4. The van der Waals surface area contributed by atoms with Crippen molar-refractivity contribution in [2.75, 3.05) is 18.1 Å². The van der Waals surface area contributed by atoms with Crippen LogP contribution >= 0.6 is 0 Å². The van der Waals surface area contributed by atoms with Crippen molar-refractivity contribution < 1.29 is 18.3 Å². The number of piperidine rings is 1. The van der Waals surface area contributed by atoms with Gasteiger partial charge in [-0.2, -0.15) is 0 Å². The number of hydrogen-bond donors (Lipinski definition) is 3. The molecule has 2 fully saturated rings. The van der Waals surface area contributed by atoms with Gasteiger partial charge in [0.1, 0.15) is 0 Å². The van der Waals surface area contributed by atoms with Gasteiger partial charge in [0.25, 0.3) is 0 Å². The molecule has 3 N–H and O–H groups in total. The molecular formula is C9H16N2O4S. The van der Waals surface area contributed by atoms with Gasteiger partial charge >= 0.3 is 0 Å². The Hall–Kier alpha value is -0.660. The largest absolute Gasteiger partial charge is 0.390 e. The third-order valence-electron chi connectivity index (χ3n) is 3.02. The quantitative estimate of drug-likeness (QED) is 0.526. The number of nitrogens with one attached hydrogen (secondary N) is 2. The van der Waals surface area contributed by atoms with Crippen LogP contribution in [-0.2, 0) is 14.6 Å². The van der Waals surface area contributed by atoms with E-state index in [4.69, 9.17) is 0 Å². The van der Waals surface area contributed by atoms with Crippen molar-refractivity contribution in [2.24, 2.45) is 0 Å². The van der Waals surface area contributed by atoms with Crippen LogP contribution in [0.2, 0.25) is 0 Å². The SMILES string of the molecule is O=C1NCCCC1NC1CS(=O)(=O)CC1O. The molecule has 0 aromatic rings. The Labute approximate surface area is 94.3 Å². The second-order valence-electron chi connectivity index (χ2n) is 4.40. The van der Waals surface area contributed by atoms with E-state index in [1.807, 2.05) is 0 Å². The summed E-state index contributed by atoms with van der Waals surface area (Å²) in [5.74, 6) is -0.403. The third-order valence-corrected chi connectivity index (χ3v) is 4.74. The van der Waals surface area contributed by atoms with E-state index in [9.17, 15) is 18.3 Å². The van der Waals surface area contributed by atoms with Crippen LogP contribution in [0.4, 0.5) is 0 Å². The van der Waals surface area contributed by atoms with Gasteiger partial charge in [0.15, 0.2) is 9.84 Å². The lowest BCUT2D eigenvalue weighted by molar-refractivity contribution is -0.124. The molecule has 3 unspecified atom stereocenters. The van der Waals surface area contributed by atoms with Crippen LogP contribution in [0.3, 0.4) is 0 Å². The molecule has 6 nitrogen and oxygen atoms in total. The number of sulfone groups is 1. The number of aliphatic hydroxyl groups is 1. The number of hydrogen-bond acceptors (Lipinski definition) is 5. The first-order chi connectivity index (χ1) is 7.48. The first kappa shape index (κ1) is 11.8. The molecule has 2 saturated heterocycles. The van der Waals surface area contributed by atoms with Crippen LogP contribution in [-0.4, -0.2) is 55.7 Å². The van der Waals surface area contributed by atoms with Gasteiger partial charge in [0.05, 0.1) is 23.7 Å². The minimum Gasteiger partial charge on any atom is -0.390 e. The maximum Gasteiger partial charge on any atom is 0.237 e.